The van der Waals surface area contributed by atoms with Gasteiger partial charge < -0.3 is 10.6 Å². The van der Waals surface area contributed by atoms with Crippen molar-refractivity contribution in [3.63, 3.8) is 0 Å². The number of nitrogens with zero attached hydrogens (tertiary/aromatic N) is 1. The first-order valence-corrected chi connectivity index (χ1v) is 11.1. The lowest BCUT2D eigenvalue weighted by atomic mass is 10.00. The van der Waals surface area contributed by atoms with Gasteiger partial charge in [0.1, 0.15) is 0 Å². The summed E-state index contributed by atoms with van der Waals surface area (Å²) in [4.78, 5) is 27.5. The Morgan fingerprint density at radius 1 is 1.17 bits per heavy atom. The summed E-state index contributed by atoms with van der Waals surface area (Å²) < 4.78 is 1.06. The maximum Gasteiger partial charge on any atom is 0.259 e. The lowest BCUT2D eigenvalue weighted by molar-refractivity contribution is -0.131. The van der Waals surface area contributed by atoms with Crippen molar-refractivity contribution < 1.29 is 9.59 Å². The van der Waals surface area contributed by atoms with E-state index in [2.05, 4.69) is 0 Å². The van der Waals surface area contributed by atoms with E-state index in [1.807, 2.05) is 53.4 Å². The summed E-state index contributed by atoms with van der Waals surface area (Å²) in [5.41, 5.74) is 7.71. The molecule has 2 amide bonds. The number of likely N-dealkylation sites (tertiary alicyclic amines) is 1. The van der Waals surface area contributed by atoms with Crippen LogP contribution in [0.3, 0.4) is 0 Å². The van der Waals surface area contributed by atoms with Gasteiger partial charge in [-0.25, -0.2) is 0 Å². The van der Waals surface area contributed by atoms with Gasteiger partial charge in [0.15, 0.2) is 0 Å². The number of hydrogen-bond acceptors (Lipinski definition) is 3. The topological polar surface area (TPSA) is 63.4 Å². The summed E-state index contributed by atoms with van der Waals surface area (Å²) >= 11 is 7.49. The van der Waals surface area contributed by atoms with Gasteiger partial charge in [-0.05, 0) is 60.4 Å². The molecule has 0 spiro atoms. The molecule has 1 aliphatic heterocycles. The highest BCUT2D eigenvalue weighted by Gasteiger charge is 2.30. The van der Waals surface area contributed by atoms with Crippen LogP contribution >= 0.6 is 22.9 Å². The van der Waals surface area contributed by atoms with Crippen molar-refractivity contribution in [3.8, 4) is 0 Å². The standard InChI is InChI=1S/C23H23ClN2O2S/c24-16-6-3-5-15(13-16)10-11-21(27)26-12-4-7-17(26)14-19-18-8-1-2-9-20(18)29-22(19)23(25)28/h1-3,5-6,8-9,13,17H,4,7,10-12,14H2,(H2,25,28)/t17-/m1/s1. The van der Waals surface area contributed by atoms with E-state index >= 15 is 0 Å². The monoisotopic (exact) mass is 426 g/mol. The van der Waals surface area contributed by atoms with Gasteiger partial charge in [0, 0.05) is 28.7 Å². The molecule has 1 atom stereocenters. The Balaban J connectivity index is 1.50. The number of amides is 2. The summed E-state index contributed by atoms with van der Waals surface area (Å²) in [5.74, 6) is -0.231. The fraction of sp³-hybridized carbons (Fsp3) is 0.304. The van der Waals surface area contributed by atoms with Crippen LogP contribution in [-0.4, -0.2) is 29.3 Å². The summed E-state index contributed by atoms with van der Waals surface area (Å²) in [6.45, 7) is 0.771. The number of benzene rings is 2. The van der Waals surface area contributed by atoms with Gasteiger partial charge >= 0.3 is 0 Å². The van der Waals surface area contributed by atoms with E-state index in [4.69, 9.17) is 17.3 Å². The van der Waals surface area contributed by atoms with Crippen molar-refractivity contribution in [1.29, 1.82) is 0 Å². The minimum atomic E-state index is -0.391. The molecule has 4 nitrogen and oxygen atoms in total. The predicted octanol–water partition coefficient (Wildman–Crippen LogP) is 4.82. The van der Waals surface area contributed by atoms with Crippen molar-refractivity contribution in [2.75, 3.05) is 6.54 Å². The third kappa shape index (κ3) is 4.31. The molecule has 0 saturated carbocycles. The molecule has 150 valence electrons. The first-order chi connectivity index (χ1) is 14.0. The zero-order valence-electron chi connectivity index (χ0n) is 16.1. The highest BCUT2D eigenvalue weighted by molar-refractivity contribution is 7.21. The predicted molar refractivity (Wildman–Crippen MR) is 119 cm³/mol. The zero-order valence-corrected chi connectivity index (χ0v) is 17.6. The first kappa shape index (κ1) is 19.9. The smallest absolute Gasteiger partial charge is 0.259 e. The maximum atomic E-state index is 12.9. The van der Waals surface area contributed by atoms with Crippen LogP contribution in [0.1, 0.15) is 40.1 Å². The van der Waals surface area contributed by atoms with Crippen molar-refractivity contribution in [3.05, 3.63) is 69.6 Å². The van der Waals surface area contributed by atoms with Crippen LogP contribution in [0.15, 0.2) is 48.5 Å². The van der Waals surface area contributed by atoms with Crippen LogP contribution in [0.2, 0.25) is 5.02 Å². The Morgan fingerprint density at radius 2 is 2.00 bits per heavy atom. The number of aryl methyl sites for hydroxylation is 1. The molecule has 1 aromatic heterocycles. The Morgan fingerprint density at radius 3 is 2.79 bits per heavy atom. The minimum Gasteiger partial charge on any atom is -0.365 e. The highest BCUT2D eigenvalue weighted by atomic mass is 35.5. The van der Waals surface area contributed by atoms with Gasteiger partial charge in [-0.15, -0.1) is 11.3 Å². The Kier molecular flexibility index (Phi) is 5.88. The van der Waals surface area contributed by atoms with Gasteiger partial charge in [-0.2, -0.15) is 0 Å². The van der Waals surface area contributed by atoms with Gasteiger partial charge in [0.05, 0.1) is 4.88 Å². The van der Waals surface area contributed by atoms with Crippen LogP contribution in [0.4, 0.5) is 0 Å². The molecule has 2 heterocycles. The molecule has 0 bridgehead atoms. The van der Waals surface area contributed by atoms with Crippen molar-refractivity contribution in [1.82, 2.24) is 4.90 Å². The van der Waals surface area contributed by atoms with E-state index in [1.165, 1.54) is 11.3 Å². The number of thiophene rings is 1. The quantitative estimate of drug-likeness (QED) is 0.614. The molecule has 2 N–H and O–H groups in total. The molecule has 0 radical (unpaired) electrons. The third-order valence-electron chi connectivity index (χ3n) is 5.58. The molecule has 4 rings (SSSR count). The number of nitrogens with two attached hydrogens (primary N) is 1. The number of carbonyl (C=O) groups is 2. The van der Waals surface area contributed by atoms with Gasteiger partial charge in [0.25, 0.3) is 5.91 Å². The van der Waals surface area contributed by atoms with Gasteiger partial charge in [0.2, 0.25) is 5.91 Å². The Bertz CT molecular complexity index is 1060. The van der Waals surface area contributed by atoms with Gasteiger partial charge in [-0.3, -0.25) is 9.59 Å². The van der Waals surface area contributed by atoms with Crippen LogP contribution < -0.4 is 5.73 Å². The second-order valence-electron chi connectivity index (χ2n) is 7.49. The number of hydrogen-bond donors (Lipinski definition) is 1. The molecule has 0 unspecified atom stereocenters. The lowest BCUT2D eigenvalue weighted by Crippen LogP contribution is -2.37. The van der Waals surface area contributed by atoms with E-state index in [-0.39, 0.29) is 11.9 Å². The van der Waals surface area contributed by atoms with Crippen molar-refractivity contribution in [2.45, 2.75) is 38.1 Å². The normalized spacial score (nSPS) is 16.4. The number of carbonyl (C=O) groups excluding carboxylic acids is 2. The average Bonchev–Trinajstić information content (AvgIpc) is 3.32. The Hall–Kier alpha value is -2.37. The van der Waals surface area contributed by atoms with E-state index in [0.717, 1.165) is 40.6 Å². The van der Waals surface area contributed by atoms with Crippen LogP contribution in [0.5, 0.6) is 0 Å². The van der Waals surface area contributed by atoms with E-state index < -0.39 is 5.91 Å². The van der Waals surface area contributed by atoms with Crippen LogP contribution in [0, 0.1) is 0 Å². The number of fused-ring (bicyclic) bond motifs is 1. The third-order valence-corrected chi connectivity index (χ3v) is 7.04. The van der Waals surface area contributed by atoms with Crippen LogP contribution in [0.25, 0.3) is 10.1 Å². The molecule has 1 saturated heterocycles. The fourth-order valence-corrected chi connectivity index (χ4v) is 5.50. The molecule has 3 aromatic rings. The lowest BCUT2D eigenvalue weighted by Gasteiger charge is -2.25. The summed E-state index contributed by atoms with van der Waals surface area (Å²) in [7, 11) is 0. The molecular formula is C23H23ClN2O2S. The molecule has 6 heteroatoms. The largest absolute Gasteiger partial charge is 0.365 e. The van der Waals surface area contributed by atoms with Gasteiger partial charge in [-0.1, -0.05) is 41.9 Å². The highest BCUT2D eigenvalue weighted by Crippen LogP contribution is 2.34. The van der Waals surface area contributed by atoms with E-state index in [0.29, 0.717) is 29.2 Å². The Labute approximate surface area is 179 Å². The molecule has 1 fully saturated rings. The van der Waals surface area contributed by atoms with E-state index in [9.17, 15) is 9.59 Å². The summed E-state index contributed by atoms with van der Waals surface area (Å²) in [6.07, 6.45) is 3.75. The van der Waals surface area contributed by atoms with Crippen molar-refractivity contribution >= 4 is 44.8 Å². The molecule has 0 aliphatic carbocycles. The van der Waals surface area contributed by atoms with Crippen LogP contribution in [-0.2, 0) is 17.6 Å². The van der Waals surface area contributed by atoms with Crippen molar-refractivity contribution in [2.24, 2.45) is 5.73 Å². The summed E-state index contributed by atoms with van der Waals surface area (Å²) in [5, 5.41) is 1.77. The maximum absolute atomic E-state index is 12.9. The molecule has 1 aliphatic rings. The average molecular weight is 427 g/mol. The fourth-order valence-electron chi connectivity index (χ4n) is 4.20. The number of primary amides is 1. The molecular weight excluding hydrogens is 404 g/mol. The number of halogens is 1. The molecule has 2 aromatic carbocycles. The summed E-state index contributed by atoms with van der Waals surface area (Å²) in [6, 6.07) is 15.8. The first-order valence-electron chi connectivity index (χ1n) is 9.87. The minimum absolute atomic E-state index is 0.109. The second-order valence-corrected chi connectivity index (χ2v) is 8.98. The molecule has 29 heavy (non-hydrogen) atoms. The zero-order chi connectivity index (χ0) is 20.4. The SMILES string of the molecule is NC(=O)c1sc2ccccc2c1C[C@H]1CCCN1C(=O)CCc1cccc(Cl)c1. The second kappa shape index (κ2) is 8.56. The van der Waals surface area contributed by atoms with E-state index in [1.54, 1.807) is 0 Å². The number of rotatable bonds is 6.